The van der Waals surface area contributed by atoms with Gasteiger partial charge in [-0.3, -0.25) is 4.79 Å². The first-order chi connectivity index (χ1) is 9.51. The number of carbonyl (C=O) groups excluding carboxylic acids is 1. The highest BCUT2D eigenvalue weighted by atomic mass is 35.5. The molecular weight excluding hydrogens is 297 g/mol. The van der Waals surface area contributed by atoms with E-state index < -0.39 is 0 Å². The number of rotatable bonds is 3. The molecule has 2 N–H and O–H groups in total. The van der Waals surface area contributed by atoms with Crippen molar-refractivity contribution < 1.29 is 4.79 Å². The molecule has 104 valence electrons. The second kappa shape index (κ2) is 6.11. The molecule has 0 bridgehead atoms. The van der Waals surface area contributed by atoms with Gasteiger partial charge in [-0.15, -0.1) is 0 Å². The van der Waals surface area contributed by atoms with Crippen LogP contribution in [-0.2, 0) is 0 Å². The van der Waals surface area contributed by atoms with E-state index in [1.807, 2.05) is 6.92 Å². The summed E-state index contributed by atoms with van der Waals surface area (Å²) in [5.74, 6) is 0.344. The van der Waals surface area contributed by atoms with Gasteiger partial charge >= 0.3 is 0 Å². The fraction of sp³-hybridized carbons (Fsp3) is 0.143. The molecule has 2 aromatic rings. The van der Waals surface area contributed by atoms with Crippen LogP contribution in [0.15, 0.2) is 30.5 Å². The van der Waals surface area contributed by atoms with Crippen LogP contribution in [0.2, 0.25) is 10.0 Å². The Morgan fingerprint density at radius 2 is 1.95 bits per heavy atom. The zero-order valence-corrected chi connectivity index (χ0v) is 12.5. The zero-order valence-electron chi connectivity index (χ0n) is 11.0. The van der Waals surface area contributed by atoms with E-state index in [0.29, 0.717) is 27.1 Å². The molecular formula is C14H13Cl2N3O. The molecule has 0 unspecified atom stereocenters. The molecule has 0 aliphatic heterocycles. The number of carbonyl (C=O) groups is 1. The topological polar surface area (TPSA) is 54.0 Å². The minimum absolute atomic E-state index is 0.272. The van der Waals surface area contributed by atoms with Crippen LogP contribution in [0.3, 0.4) is 0 Å². The number of hydrogen-bond donors (Lipinski definition) is 2. The van der Waals surface area contributed by atoms with Crippen molar-refractivity contribution in [3.8, 4) is 0 Å². The van der Waals surface area contributed by atoms with Gasteiger partial charge in [-0.25, -0.2) is 4.98 Å². The van der Waals surface area contributed by atoms with E-state index in [1.54, 1.807) is 37.5 Å². The molecule has 1 aromatic heterocycles. The number of halogens is 2. The molecule has 2 rings (SSSR count). The van der Waals surface area contributed by atoms with Gasteiger partial charge in [-0.2, -0.15) is 0 Å². The summed E-state index contributed by atoms with van der Waals surface area (Å²) in [6.45, 7) is 1.85. The highest BCUT2D eigenvalue weighted by Crippen LogP contribution is 2.29. The average molecular weight is 310 g/mol. The summed E-state index contributed by atoms with van der Waals surface area (Å²) in [6.07, 6.45) is 1.56. The van der Waals surface area contributed by atoms with Crippen molar-refractivity contribution in [2.75, 3.05) is 17.7 Å². The van der Waals surface area contributed by atoms with Crippen molar-refractivity contribution in [3.63, 3.8) is 0 Å². The van der Waals surface area contributed by atoms with E-state index >= 15 is 0 Å². The van der Waals surface area contributed by atoms with Gasteiger partial charge in [0.25, 0.3) is 5.91 Å². The third-order valence-electron chi connectivity index (χ3n) is 2.77. The Kier molecular flexibility index (Phi) is 4.47. The number of anilines is 2. The lowest BCUT2D eigenvalue weighted by molar-refractivity contribution is 0.102. The standard InChI is InChI=1S/C14H13Cl2N3O/c1-8-5-11(16)12(7-10(8)15)19-14(20)9-3-4-18-13(6-9)17-2/h3-7H,1-2H3,(H,17,18)(H,19,20). The summed E-state index contributed by atoms with van der Waals surface area (Å²) in [7, 11) is 1.74. The van der Waals surface area contributed by atoms with E-state index in [9.17, 15) is 4.79 Å². The summed E-state index contributed by atoms with van der Waals surface area (Å²) < 4.78 is 0. The maximum atomic E-state index is 12.2. The Morgan fingerprint density at radius 1 is 1.20 bits per heavy atom. The lowest BCUT2D eigenvalue weighted by Gasteiger charge is -2.10. The van der Waals surface area contributed by atoms with Gasteiger partial charge in [0, 0.05) is 23.8 Å². The molecule has 1 heterocycles. The van der Waals surface area contributed by atoms with E-state index in [-0.39, 0.29) is 5.91 Å². The fourth-order valence-electron chi connectivity index (χ4n) is 1.65. The van der Waals surface area contributed by atoms with Crippen LogP contribution in [0.25, 0.3) is 0 Å². The lowest BCUT2D eigenvalue weighted by atomic mass is 10.2. The number of aromatic nitrogens is 1. The van der Waals surface area contributed by atoms with Crippen LogP contribution < -0.4 is 10.6 Å². The predicted molar refractivity (Wildman–Crippen MR) is 82.9 cm³/mol. The van der Waals surface area contributed by atoms with Gasteiger partial charge in [-0.05, 0) is 36.8 Å². The molecule has 1 amide bonds. The van der Waals surface area contributed by atoms with Crippen LogP contribution in [0, 0.1) is 6.92 Å². The van der Waals surface area contributed by atoms with E-state index in [4.69, 9.17) is 23.2 Å². The molecule has 6 heteroatoms. The van der Waals surface area contributed by atoms with E-state index in [0.717, 1.165) is 5.56 Å². The quantitative estimate of drug-likeness (QED) is 0.901. The highest BCUT2D eigenvalue weighted by molar-refractivity contribution is 6.36. The van der Waals surface area contributed by atoms with Gasteiger partial charge in [0.15, 0.2) is 0 Å². The van der Waals surface area contributed by atoms with E-state index in [1.165, 1.54) is 0 Å². The minimum Gasteiger partial charge on any atom is -0.373 e. The molecule has 0 atom stereocenters. The summed E-state index contributed by atoms with van der Waals surface area (Å²) in [4.78, 5) is 16.2. The number of aryl methyl sites for hydroxylation is 1. The molecule has 0 saturated carbocycles. The smallest absolute Gasteiger partial charge is 0.255 e. The maximum Gasteiger partial charge on any atom is 0.255 e. The predicted octanol–water partition coefficient (Wildman–Crippen LogP) is 3.99. The number of hydrogen-bond acceptors (Lipinski definition) is 3. The second-order valence-corrected chi connectivity index (χ2v) is 5.03. The molecule has 4 nitrogen and oxygen atoms in total. The Morgan fingerprint density at radius 3 is 2.65 bits per heavy atom. The van der Waals surface area contributed by atoms with Crippen molar-refractivity contribution in [1.82, 2.24) is 4.98 Å². The summed E-state index contributed by atoms with van der Waals surface area (Å²) in [5.41, 5.74) is 1.82. The Balaban J connectivity index is 2.25. The number of benzene rings is 1. The Labute approximate surface area is 127 Å². The van der Waals surface area contributed by atoms with Crippen molar-refractivity contribution in [3.05, 3.63) is 51.6 Å². The summed E-state index contributed by atoms with van der Waals surface area (Å²) in [5, 5.41) is 6.61. The number of amides is 1. The van der Waals surface area contributed by atoms with Gasteiger partial charge in [0.2, 0.25) is 0 Å². The second-order valence-electron chi connectivity index (χ2n) is 4.22. The number of nitrogens with zero attached hydrogens (tertiary/aromatic N) is 1. The normalized spacial score (nSPS) is 10.2. The van der Waals surface area contributed by atoms with Crippen LogP contribution >= 0.6 is 23.2 Å². The van der Waals surface area contributed by atoms with Crippen molar-refractivity contribution >= 4 is 40.6 Å². The van der Waals surface area contributed by atoms with Crippen LogP contribution in [0.5, 0.6) is 0 Å². The highest BCUT2D eigenvalue weighted by Gasteiger charge is 2.11. The first kappa shape index (κ1) is 14.6. The SMILES string of the molecule is CNc1cc(C(=O)Nc2cc(Cl)c(C)cc2Cl)ccn1. The van der Waals surface area contributed by atoms with Crippen LogP contribution in [-0.4, -0.2) is 17.9 Å². The van der Waals surface area contributed by atoms with Crippen molar-refractivity contribution in [2.24, 2.45) is 0 Å². The van der Waals surface area contributed by atoms with Gasteiger partial charge in [0.1, 0.15) is 5.82 Å². The first-order valence-corrected chi connectivity index (χ1v) is 6.67. The third kappa shape index (κ3) is 3.21. The fourth-order valence-corrected chi connectivity index (χ4v) is 2.07. The molecule has 0 spiro atoms. The van der Waals surface area contributed by atoms with Gasteiger partial charge in [-0.1, -0.05) is 23.2 Å². The molecule has 1 aromatic carbocycles. The van der Waals surface area contributed by atoms with Crippen molar-refractivity contribution in [2.45, 2.75) is 6.92 Å². The maximum absolute atomic E-state index is 12.2. The lowest BCUT2D eigenvalue weighted by Crippen LogP contribution is -2.13. The average Bonchev–Trinajstić information content (AvgIpc) is 2.44. The largest absolute Gasteiger partial charge is 0.373 e. The number of pyridine rings is 1. The minimum atomic E-state index is -0.272. The summed E-state index contributed by atoms with van der Waals surface area (Å²) in [6, 6.07) is 6.63. The first-order valence-electron chi connectivity index (χ1n) is 5.92. The zero-order chi connectivity index (χ0) is 14.7. The van der Waals surface area contributed by atoms with Crippen LogP contribution in [0.1, 0.15) is 15.9 Å². The third-order valence-corrected chi connectivity index (χ3v) is 3.49. The summed E-state index contributed by atoms with van der Waals surface area (Å²) >= 11 is 12.1. The van der Waals surface area contributed by atoms with Gasteiger partial charge < -0.3 is 10.6 Å². The Bertz CT molecular complexity index is 659. The van der Waals surface area contributed by atoms with Crippen LogP contribution in [0.4, 0.5) is 11.5 Å². The molecule has 0 saturated heterocycles. The molecule has 0 aliphatic rings. The molecule has 0 aliphatic carbocycles. The molecule has 0 fully saturated rings. The van der Waals surface area contributed by atoms with E-state index in [2.05, 4.69) is 15.6 Å². The van der Waals surface area contributed by atoms with Gasteiger partial charge in [0.05, 0.1) is 10.7 Å². The molecule has 20 heavy (non-hydrogen) atoms. The number of nitrogens with one attached hydrogen (secondary N) is 2. The monoisotopic (exact) mass is 309 g/mol. The molecule has 0 radical (unpaired) electrons. The Hall–Kier alpha value is -1.78. The van der Waals surface area contributed by atoms with Crippen molar-refractivity contribution in [1.29, 1.82) is 0 Å².